The number of benzene rings is 11. The summed E-state index contributed by atoms with van der Waals surface area (Å²) in [7, 11) is 2.01. The Morgan fingerprint density at radius 1 is 0.350 bits per heavy atom. The smallest absolute Gasteiger partial charge is 0.510 e. The molecule has 9 heterocycles. The second-order valence-electron chi connectivity index (χ2n) is 30.6. The molecule has 13 nitrogen and oxygen atoms in total. The number of nitrogens with zero attached hydrogens (tertiary/aromatic N) is 10. The number of ether oxygens (including phenoxy) is 3. The van der Waals surface area contributed by atoms with Crippen molar-refractivity contribution >= 4 is 92.8 Å². The average Bonchev–Trinajstić information content (AvgIpc) is 1.61. The zero-order valence-electron chi connectivity index (χ0n) is 65.5. The Hall–Kier alpha value is -12.1. The maximum Gasteiger partial charge on any atom is 2.00 e. The minimum Gasteiger partial charge on any atom is -0.510 e. The van der Waals surface area contributed by atoms with E-state index in [1.807, 2.05) is 177 Å². The summed E-state index contributed by atoms with van der Waals surface area (Å²) in [5.74, 6) is 6.33. The van der Waals surface area contributed by atoms with E-state index in [0.29, 0.717) is 34.5 Å². The SMILES string of the molecule is CN1C=CN(c2[c-]c(Oc3[c-]c4c(cc3)c3ccccc3n4-c3cc(C(C)(C)C)ccn3)cc(C(C)(C)C)c2)[CH-]1.Cc1ccnc(-n2c3[c-]c(Oc4[c-]c(-c5ccc6ccccc6n5)ccc4)ccc3c3ccccc32)c1.Cc1ccnc(-n2c3[c-]c(Oc4[c-]c(-c5nccc6ccccc56)ccc4)ccc3c3ccccc32)c1.[Pt+2].[Pt+2].[Pt]. The molecule has 16 heteroatoms. The third kappa shape index (κ3) is 16.5. The molecule has 0 spiro atoms. The van der Waals surface area contributed by atoms with Crippen molar-refractivity contribution in [2.24, 2.45) is 0 Å². The summed E-state index contributed by atoms with van der Waals surface area (Å²) < 4.78 is 25.5. The van der Waals surface area contributed by atoms with Crippen LogP contribution in [0.4, 0.5) is 5.69 Å². The number of pyridine rings is 5. The third-order valence-electron chi connectivity index (χ3n) is 20.5. The molecule has 8 aromatic heterocycles. The minimum atomic E-state index is -0.0544. The van der Waals surface area contributed by atoms with Crippen molar-refractivity contribution in [3.63, 3.8) is 0 Å². The average molecular weight is 2060 g/mol. The van der Waals surface area contributed by atoms with Crippen LogP contribution in [0.2, 0.25) is 0 Å². The van der Waals surface area contributed by atoms with E-state index in [-0.39, 0.29) is 74.0 Å². The summed E-state index contributed by atoms with van der Waals surface area (Å²) in [6, 6.07) is 109. The molecule has 11 aromatic carbocycles. The fourth-order valence-corrected chi connectivity index (χ4v) is 14.8. The van der Waals surface area contributed by atoms with Gasteiger partial charge >= 0.3 is 42.1 Å². The van der Waals surface area contributed by atoms with Crippen LogP contribution in [0, 0.1) is 56.9 Å². The number of hydrogen-bond acceptors (Lipinski definition) is 10. The molecule has 0 bridgehead atoms. The van der Waals surface area contributed by atoms with Crippen LogP contribution in [0.5, 0.6) is 34.5 Å². The predicted octanol–water partition coefficient (Wildman–Crippen LogP) is 24.7. The van der Waals surface area contributed by atoms with Crippen molar-refractivity contribution in [2.75, 3.05) is 11.9 Å². The van der Waals surface area contributed by atoms with Crippen molar-refractivity contribution in [1.82, 2.24) is 43.5 Å². The van der Waals surface area contributed by atoms with Gasteiger partial charge in [-0.05, 0) is 171 Å². The van der Waals surface area contributed by atoms with Crippen LogP contribution in [-0.4, -0.2) is 50.6 Å². The van der Waals surface area contributed by atoms with E-state index in [4.69, 9.17) is 24.2 Å². The molecule has 0 fully saturated rings. The standard InChI is InChI=1S/C35H35N4O.2C33H21N3O.3Pt/c1-34(2,3)24-14-15-36-33(20-24)39-31-11-9-8-10-29(31)30-13-12-27(22-32(30)39)40-28-19-25(35(4,5)6)18-26(21-28)38-17-16-37(7)23-38;1-22-17-18-34-33(19-22)36-31-12-5-3-10-27(31)28-15-14-26(21-32(28)36)37-25-9-6-8-24(20-25)30-16-13-23-7-2-4-11-29(23)35-30;1-22-15-17-34-32(19-22)36-30-12-5-4-11-28(30)29-14-13-26(21-31(29)36)37-25-9-6-8-24(20-25)33-27-10-3-2-7-23(27)16-18-35-33;;;/h8-20,23H,1-7H3;2*2-19H,1H3;;;/q-3;2*-2;;2*+2. The topological polar surface area (TPSA) is 113 Å². The van der Waals surface area contributed by atoms with Gasteiger partial charge in [-0.3, -0.25) is 4.98 Å². The molecular weight excluding hydrogens is 1990 g/mol. The zero-order valence-corrected chi connectivity index (χ0v) is 72.3. The van der Waals surface area contributed by atoms with Crippen molar-refractivity contribution in [3.05, 3.63) is 363 Å². The van der Waals surface area contributed by atoms with Gasteiger partial charge in [-0.15, -0.1) is 130 Å². The van der Waals surface area contributed by atoms with Crippen LogP contribution in [0.3, 0.4) is 0 Å². The summed E-state index contributed by atoms with van der Waals surface area (Å²) in [5.41, 5.74) is 16.1. The molecule has 0 saturated heterocycles. The van der Waals surface area contributed by atoms with E-state index >= 15 is 0 Å². The Bertz CT molecular complexity index is 6940. The molecule has 0 amide bonds. The molecule has 582 valence electrons. The summed E-state index contributed by atoms with van der Waals surface area (Å²) in [6.07, 6.45) is 11.4. The summed E-state index contributed by atoms with van der Waals surface area (Å²) in [4.78, 5) is 27.6. The largest absolute Gasteiger partial charge is 2.00 e. The maximum atomic E-state index is 6.49. The molecule has 0 aliphatic carbocycles. The number of fused-ring (bicyclic) bond motifs is 11. The van der Waals surface area contributed by atoms with Crippen LogP contribution < -0.4 is 19.1 Å². The third-order valence-corrected chi connectivity index (χ3v) is 20.5. The number of hydrogen-bond donors (Lipinski definition) is 0. The van der Waals surface area contributed by atoms with Crippen LogP contribution in [0.15, 0.2) is 298 Å². The van der Waals surface area contributed by atoms with E-state index in [1.54, 1.807) is 0 Å². The summed E-state index contributed by atoms with van der Waals surface area (Å²) in [6.45, 7) is 19.5. The molecular formula is C101H77N10O3Pt3-3. The normalized spacial score (nSPS) is 12.0. The Balaban J connectivity index is 0.000000136. The van der Waals surface area contributed by atoms with Gasteiger partial charge in [0.15, 0.2) is 0 Å². The second-order valence-corrected chi connectivity index (χ2v) is 30.6. The molecule has 0 unspecified atom stereocenters. The van der Waals surface area contributed by atoms with Gasteiger partial charge in [0.05, 0.1) is 5.52 Å². The van der Waals surface area contributed by atoms with Crippen molar-refractivity contribution in [2.45, 2.75) is 66.2 Å². The van der Waals surface area contributed by atoms with Gasteiger partial charge in [-0.2, -0.15) is 24.9 Å². The molecule has 117 heavy (non-hydrogen) atoms. The molecule has 20 rings (SSSR count). The Morgan fingerprint density at radius 2 is 0.803 bits per heavy atom. The Labute approximate surface area is 723 Å². The monoisotopic (exact) mass is 2060 g/mol. The number of aryl methyl sites for hydroxylation is 2. The predicted molar refractivity (Wildman–Crippen MR) is 460 cm³/mol. The van der Waals surface area contributed by atoms with Crippen LogP contribution in [-0.2, 0) is 74.0 Å². The van der Waals surface area contributed by atoms with E-state index in [0.717, 1.165) is 144 Å². The van der Waals surface area contributed by atoms with Gasteiger partial charge in [0.1, 0.15) is 17.5 Å². The van der Waals surface area contributed by atoms with E-state index in [2.05, 4.69) is 265 Å². The molecule has 0 saturated carbocycles. The van der Waals surface area contributed by atoms with Crippen molar-refractivity contribution in [3.8, 4) is 74.5 Å². The first kappa shape index (κ1) is 80.1. The van der Waals surface area contributed by atoms with Gasteiger partial charge in [0.2, 0.25) is 0 Å². The first-order valence-electron chi connectivity index (χ1n) is 38.0. The zero-order chi connectivity index (χ0) is 77.8. The van der Waals surface area contributed by atoms with Crippen molar-refractivity contribution in [1.29, 1.82) is 0 Å². The molecule has 19 aromatic rings. The van der Waals surface area contributed by atoms with Gasteiger partial charge in [-0.25, -0.2) is 15.0 Å². The van der Waals surface area contributed by atoms with Crippen LogP contribution in [0.25, 0.3) is 127 Å². The first-order chi connectivity index (χ1) is 55.4. The number of rotatable bonds is 12. The molecule has 0 N–H and O–H groups in total. The molecule has 1 aliphatic rings. The summed E-state index contributed by atoms with van der Waals surface area (Å²) in [5, 5.41) is 10.1. The number of anilines is 1. The Kier molecular flexibility index (Phi) is 23.0. The van der Waals surface area contributed by atoms with Crippen LogP contribution >= 0.6 is 0 Å². The van der Waals surface area contributed by atoms with E-state index < -0.39 is 0 Å². The molecule has 0 atom stereocenters. The first-order valence-corrected chi connectivity index (χ1v) is 38.0. The molecule has 0 radical (unpaired) electrons. The fourth-order valence-electron chi connectivity index (χ4n) is 14.8. The van der Waals surface area contributed by atoms with Gasteiger partial charge in [0, 0.05) is 96.9 Å². The van der Waals surface area contributed by atoms with Gasteiger partial charge < -0.3 is 42.7 Å². The fraction of sp³-hybridized carbons (Fsp3) is 0.109. The second kappa shape index (κ2) is 33.6. The van der Waals surface area contributed by atoms with Crippen molar-refractivity contribution < 1.29 is 77.4 Å². The minimum absolute atomic E-state index is 0. The van der Waals surface area contributed by atoms with Crippen LogP contribution in [0.1, 0.15) is 63.8 Å². The number of aromatic nitrogens is 8. The molecule has 1 aliphatic heterocycles. The summed E-state index contributed by atoms with van der Waals surface area (Å²) >= 11 is 0. The van der Waals surface area contributed by atoms with E-state index in [1.165, 1.54) is 11.1 Å². The Morgan fingerprint density at radius 3 is 1.32 bits per heavy atom. The quantitative estimate of drug-likeness (QED) is 0.110. The maximum absolute atomic E-state index is 6.49. The van der Waals surface area contributed by atoms with Gasteiger partial charge in [0.25, 0.3) is 0 Å². The van der Waals surface area contributed by atoms with E-state index in [9.17, 15) is 0 Å². The van der Waals surface area contributed by atoms with Gasteiger partial charge in [-0.1, -0.05) is 179 Å². The number of para-hydroxylation sites is 4.